The summed E-state index contributed by atoms with van der Waals surface area (Å²) in [5.41, 5.74) is 0.0155. The van der Waals surface area contributed by atoms with Crippen molar-refractivity contribution in [2.45, 2.75) is 46.5 Å². The van der Waals surface area contributed by atoms with Gasteiger partial charge in [0, 0.05) is 19.5 Å². The molecule has 0 bridgehead atoms. The molecule has 1 saturated heterocycles. The summed E-state index contributed by atoms with van der Waals surface area (Å²) in [7, 11) is 0. The average molecular weight is 242 g/mol. The first-order valence-corrected chi connectivity index (χ1v) is 6.38. The van der Waals surface area contributed by atoms with Crippen LogP contribution in [0, 0.1) is 5.41 Å². The van der Waals surface area contributed by atoms with E-state index in [-0.39, 0.29) is 11.3 Å². The highest BCUT2D eigenvalue weighted by Gasteiger charge is 2.19. The maximum Gasteiger partial charge on any atom is 0.226 e. The Labute approximate surface area is 104 Å². The number of hydrogen-bond donors (Lipinski definition) is 1. The number of carbonyl (C=O) groups is 1. The van der Waals surface area contributed by atoms with Crippen molar-refractivity contribution in [3.05, 3.63) is 0 Å². The van der Waals surface area contributed by atoms with Crippen LogP contribution in [0.5, 0.6) is 0 Å². The Balaban J connectivity index is 2.35. The van der Waals surface area contributed by atoms with E-state index < -0.39 is 0 Å². The molecule has 16 heavy (non-hydrogen) atoms. The Bertz CT molecular complexity index is 265. The van der Waals surface area contributed by atoms with Gasteiger partial charge in [0.2, 0.25) is 5.91 Å². The summed E-state index contributed by atoms with van der Waals surface area (Å²) in [5.74, 6) is 0.0306. The normalized spacial score (nSPS) is 17.1. The minimum Gasteiger partial charge on any atom is -0.349 e. The fraction of sp³-hybridized carbons (Fsp3) is 0.833. The standard InChI is InChI=1S/C12H22N2OS/c1-12(2,3)9-10(15)13-11(16)14-7-5-4-6-8-14/h4-9H2,1-3H3,(H,13,15,16). The van der Waals surface area contributed by atoms with E-state index in [0.29, 0.717) is 11.5 Å². The van der Waals surface area contributed by atoms with Gasteiger partial charge in [-0.2, -0.15) is 0 Å². The fourth-order valence-corrected chi connectivity index (χ4v) is 2.12. The predicted octanol–water partition coefficient (Wildman–Crippen LogP) is 2.31. The Morgan fingerprint density at radius 2 is 1.81 bits per heavy atom. The van der Waals surface area contributed by atoms with Crippen LogP contribution < -0.4 is 5.32 Å². The molecule has 3 nitrogen and oxygen atoms in total. The summed E-state index contributed by atoms with van der Waals surface area (Å²) in [6, 6.07) is 0. The number of likely N-dealkylation sites (tertiary alicyclic amines) is 1. The average Bonchev–Trinajstić information content (AvgIpc) is 2.16. The lowest BCUT2D eigenvalue weighted by Crippen LogP contribution is -2.45. The van der Waals surface area contributed by atoms with Crippen LogP contribution in [0.1, 0.15) is 46.5 Å². The smallest absolute Gasteiger partial charge is 0.226 e. The van der Waals surface area contributed by atoms with Crippen molar-refractivity contribution >= 4 is 23.2 Å². The molecule has 1 amide bonds. The lowest BCUT2D eigenvalue weighted by atomic mass is 9.92. The number of carbonyl (C=O) groups excluding carboxylic acids is 1. The van der Waals surface area contributed by atoms with Gasteiger partial charge in [-0.15, -0.1) is 0 Å². The fourth-order valence-electron chi connectivity index (χ4n) is 1.82. The lowest BCUT2D eigenvalue weighted by molar-refractivity contribution is -0.121. The van der Waals surface area contributed by atoms with E-state index in [4.69, 9.17) is 12.2 Å². The second kappa shape index (κ2) is 5.62. The third kappa shape index (κ3) is 4.92. The quantitative estimate of drug-likeness (QED) is 0.716. The van der Waals surface area contributed by atoms with E-state index in [2.05, 4.69) is 31.0 Å². The number of hydrogen-bond acceptors (Lipinski definition) is 2. The van der Waals surface area contributed by atoms with E-state index in [1.165, 1.54) is 19.3 Å². The minimum absolute atomic E-state index is 0.0155. The van der Waals surface area contributed by atoms with Crippen molar-refractivity contribution in [2.24, 2.45) is 5.41 Å². The van der Waals surface area contributed by atoms with Crippen LogP contribution in [-0.4, -0.2) is 29.0 Å². The summed E-state index contributed by atoms with van der Waals surface area (Å²) < 4.78 is 0. The Hall–Kier alpha value is -0.640. The molecule has 92 valence electrons. The molecule has 0 aromatic carbocycles. The van der Waals surface area contributed by atoms with Gasteiger partial charge >= 0.3 is 0 Å². The molecule has 0 saturated carbocycles. The summed E-state index contributed by atoms with van der Waals surface area (Å²) in [5, 5.41) is 3.43. The number of thiocarbonyl (C=S) groups is 1. The summed E-state index contributed by atoms with van der Waals surface area (Å²) >= 11 is 5.23. The van der Waals surface area contributed by atoms with Crippen molar-refractivity contribution in [3.8, 4) is 0 Å². The lowest BCUT2D eigenvalue weighted by Gasteiger charge is -2.29. The molecule has 1 heterocycles. The number of rotatable bonds is 1. The molecule has 4 heteroatoms. The van der Waals surface area contributed by atoms with Gasteiger partial charge in [-0.05, 0) is 36.9 Å². The first-order chi connectivity index (χ1) is 7.38. The first kappa shape index (κ1) is 13.4. The molecule has 0 aliphatic carbocycles. The highest BCUT2D eigenvalue weighted by molar-refractivity contribution is 7.80. The molecule has 1 N–H and O–H groups in total. The van der Waals surface area contributed by atoms with Crippen molar-refractivity contribution < 1.29 is 4.79 Å². The second-order valence-electron chi connectivity index (χ2n) is 5.64. The zero-order chi connectivity index (χ0) is 12.2. The molecule has 1 fully saturated rings. The number of nitrogens with one attached hydrogen (secondary N) is 1. The molecule has 1 rings (SSSR count). The van der Waals surface area contributed by atoms with Crippen LogP contribution in [0.25, 0.3) is 0 Å². The SMILES string of the molecule is CC(C)(C)CC(=O)NC(=S)N1CCCCC1. The Morgan fingerprint density at radius 3 is 2.31 bits per heavy atom. The zero-order valence-corrected chi connectivity index (χ0v) is 11.3. The van der Waals surface area contributed by atoms with Gasteiger partial charge in [0.05, 0.1) is 0 Å². The molecule has 1 aliphatic rings. The minimum atomic E-state index is 0.0155. The molecule has 0 radical (unpaired) electrons. The third-order valence-electron chi connectivity index (χ3n) is 2.58. The van der Waals surface area contributed by atoms with Crippen molar-refractivity contribution in [1.82, 2.24) is 10.2 Å². The molecule has 0 atom stereocenters. The van der Waals surface area contributed by atoms with Gasteiger partial charge in [0.25, 0.3) is 0 Å². The number of piperidine rings is 1. The summed E-state index contributed by atoms with van der Waals surface area (Å²) in [6.07, 6.45) is 4.14. The molecule has 0 spiro atoms. The van der Waals surface area contributed by atoms with E-state index in [1.54, 1.807) is 0 Å². The maximum atomic E-state index is 11.7. The van der Waals surface area contributed by atoms with Crippen molar-refractivity contribution in [1.29, 1.82) is 0 Å². The molecular formula is C12H22N2OS. The van der Waals surface area contributed by atoms with Gasteiger partial charge in [-0.3, -0.25) is 4.79 Å². The predicted molar refractivity (Wildman–Crippen MR) is 70.2 cm³/mol. The maximum absolute atomic E-state index is 11.7. The summed E-state index contributed by atoms with van der Waals surface area (Å²) in [4.78, 5) is 13.8. The molecule has 0 aromatic heterocycles. The van der Waals surface area contributed by atoms with Crippen LogP contribution in [0.4, 0.5) is 0 Å². The topological polar surface area (TPSA) is 32.3 Å². The van der Waals surface area contributed by atoms with E-state index in [1.807, 2.05) is 0 Å². The van der Waals surface area contributed by atoms with Crippen LogP contribution >= 0.6 is 12.2 Å². The van der Waals surface area contributed by atoms with E-state index in [0.717, 1.165) is 13.1 Å². The van der Waals surface area contributed by atoms with Gasteiger partial charge in [0.15, 0.2) is 5.11 Å². The van der Waals surface area contributed by atoms with Crippen LogP contribution in [0.3, 0.4) is 0 Å². The second-order valence-corrected chi connectivity index (χ2v) is 6.03. The van der Waals surface area contributed by atoms with Crippen molar-refractivity contribution in [2.75, 3.05) is 13.1 Å². The highest BCUT2D eigenvalue weighted by atomic mass is 32.1. The Kier molecular flexibility index (Phi) is 4.71. The number of amides is 1. The molecule has 0 unspecified atom stereocenters. The summed E-state index contributed by atoms with van der Waals surface area (Å²) in [6.45, 7) is 8.12. The van der Waals surface area contributed by atoms with Gasteiger partial charge in [-0.1, -0.05) is 20.8 Å². The third-order valence-corrected chi connectivity index (χ3v) is 2.94. The van der Waals surface area contributed by atoms with Gasteiger partial charge in [0.1, 0.15) is 0 Å². The van der Waals surface area contributed by atoms with E-state index >= 15 is 0 Å². The van der Waals surface area contributed by atoms with Crippen LogP contribution in [-0.2, 0) is 4.79 Å². The van der Waals surface area contributed by atoms with E-state index in [9.17, 15) is 4.79 Å². The van der Waals surface area contributed by atoms with Crippen LogP contribution in [0.15, 0.2) is 0 Å². The van der Waals surface area contributed by atoms with Crippen LogP contribution in [0.2, 0.25) is 0 Å². The Morgan fingerprint density at radius 1 is 1.25 bits per heavy atom. The monoisotopic (exact) mass is 242 g/mol. The molecular weight excluding hydrogens is 220 g/mol. The van der Waals surface area contributed by atoms with Gasteiger partial charge in [-0.25, -0.2) is 0 Å². The molecule has 0 aromatic rings. The first-order valence-electron chi connectivity index (χ1n) is 5.97. The largest absolute Gasteiger partial charge is 0.349 e. The zero-order valence-electron chi connectivity index (χ0n) is 10.5. The molecule has 1 aliphatic heterocycles. The highest BCUT2D eigenvalue weighted by Crippen LogP contribution is 2.18. The van der Waals surface area contributed by atoms with Crippen molar-refractivity contribution in [3.63, 3.8) is 0 Å². The van der Waals surface area contributed by atoms with Gasteiger partial charge < -0.3 is 10.2 Å². The number of nitrogens with zero attached hydrogens (tertiary/aromatic N) is 1.